The number of carbonyl (C=O) groups excluding carboxylic acids is 1. The number of benzene rings is 2. The second-order valence-electron chi connectivity index (χ2n) is 4.33. The van der Waals surface area contributed by atoms with E-state index < -0.39 is 18.4 Å². The fraction of sp³-hybridized carbons (Fsp3) is 0.133. The lowest BCUT2D eigenvalue weighted by molar-refractivity contribution is -0.0498. The summed E-state index contributed by atoms with van der Waals surface area (Å²) in [6, 6.07) is 8.06. The number of carbonyl (C=O) groups is 1. The highest BCUT2D eigenvalue weighted by Crippen LogP contribution is 2.29. The Morgan fingerprint density at radius 2 is 1.87 bits per heavy atom. The monoisotopic (exact) mass is 389 g/mol. The highest BCUT2D eigenvalue weighted by molar-refractivity contribution is 9.10. The fourth-order valence-corrected chi connectivity index (χ4v) is 2.15. The molecule has 122 valence electrons. The summed E-state index contributed by atoms with van der Waals surface area (Å²) >= 11 is 3.03. The molecule has 4 nitrogen and oxygen atoms in total. The third-order valence-electron chi connectivity index (χ3n) is 2.82. The lowest BCUT2D eigenvalue weighted by atomic mass is 10.1. The predicted molar refractivity (Wildman–Crippen MR) is 81.8 cm³/mol. The van der Waals surface area contributed by atoms with Crippen molar-refractivity contribution in [1.29, 1.82) is 0 Å². The quantitative estimate of drug-likeness (QED) is 0.751. The van der Waals surface area contributed by atoms with Crippen LogP contribution in [-0.2, 0) is 4.74 Å². The van der Waals surface area contributed by atoms with Gasteiger partial charge in [-0.2, -0.15) is 8.78 Å². The summed E-state index contributed by atoms with van der Waals surface area (Å²) in [6.07, 6.45) is 0. The van der Waals surface area contributed by atoms with E-state index in [1.54, 1.807) is 0 Å². The number of esters is 1. The molecule has 0 atom stereocenters. The van der Waals surface area contributed by atoms with Gasteiger partial charge >= 0.3 is 12.6 Å². The number of nitrogens with one attached hydrogen (secondary N) is 1. The molecule has 2 rings (SSSR count). The second-order valence-corrected chi connectivity index (χ2v) is 5.19. The van der Waals surface area contributed by atoms with Crippen LogP contribution >= 0.6 is 15.9 Å². The first-order chi connectivity index (χ1) is 10.9. The Hall–Kier alpha value is -2.22. The molecule has 8 heteroatoms. The maximum Gasteiger partial charge on any atom is 0.387 e. The van der Waals surface area contributed by atoms with E-state index in [2.05, 4.69) is 30.7 Å². The average molecular weight is 390 g/mol. The zero-order chi connectivity index (χ0) is 17.0. The third kappa shape index (κ3) is 4.38. The molecule has 0 saturated heterocycles. The molecule has 2 aromatic rings. The number of rotatable bonds is 5. The minimum absolute atomic E-state index is 0.000900. The normalized spacial score (nSPS) is 10.5. The SMILES string of the molecule is COC(=O)c1cc(F)c(Br)cc1Nc1ccc(OC(F)F)cc1. The highest BCUT2D eigenvalue weighted by atomic mass is 79.9. The minimum atomic E-state index is -2.91. The van der Waals surface area contributed by atoms with Crippen molar-refractivity contribution in [2.75, 3.05) is 12.4 Å². The molecule has 0 bridgehead atoms. The highest BCUT2D eigenvalue weighted by Gasteiger charge is 2.16. The van der Waals surface area contributed by atoms with Crippen molar-refractivity contribution in [2.45, 2.75) is 6.61 Å². The molecule has 0 saturated carbocycles. The lowest BCUT2D eigenvalue weighted by Gasteiger charge is -2.12. The van der Waals surface area contributed by atoms with Crippen molar-refractivity contribution in [2.24, 2.45) is 0 Å². The van der Waals surface area contributed by atoms with Crippen LogP contribution in [0.25, 0.3) is 0 Å². The molecule has 0 heterocycles. The van der Waals surface area contributed by atoms with Crippen molar-refractivity contribution in [3.8, 4) is 5.75 Å². The maximum absolute atomic E-state index is 13.6. The number of ether oxygens (including phenoxy) is 2. The minimum Gasteiger partial charge on any atom is -0.465 e. The lowest BCUT2D eigenvalue weighted by Crippen LogP contribution is -2.07. The summed E-state index contributed by atoms with van der Waals surface area (Å²) in [4.78, 5) is 11.7. The van der Waals surface area contributed by atoms with E-state index in [1.807, 2.05) is 0 Å². The van der Waals surface area contributed by atoms with E-state index in [0.29, 0.717) is 11.4 Å². The van der Waals surface area contributed by atoms with Crippen molar-refractivity contribution in [1.82, 2.24) is 0 Å². The van der Waals surface area contributed by atoms with Gasteiger partial charge in [0.1, 0.15) is 11.6 Å². The molecule has 0 aliphatic carbocycles. The Balaban J connectivity index is 2.28. The van der Waals surface area contributed by atoms with Crippen LogP contribution in [0.3, 0.4) is 0 Å². The Bertz CT molecular complexity index is 708. The molecule has 0 amide bonds. The van der Waals surface area contributed by atoms with Crippen molar-refractivity contribution < 1.29 is 27.4 Å². The Labute approximate surface area is 138 Å². The van der Waals surface area contributed by atoms with Gasteiger partial charge in [0.25, 0.3) is 0 Å². The molecule has 0 aliphatic rings. The summed E-state index contributed by atoms with van der Waals surface area (Å²) < 4.78 is 46.8. The van der Waals surface area contributed by atoms with Gasteiger partial charge in [0, 0.05) is 5.69 Å². The average Bonchev–Trinajstić information content (AvgIpc) is 2.51. The van der Waals surface area contributed by atoms with Gasteiger partial charge in [-0.3, -0.25) is 0 Å². The van der Waals surface area contributed by atoms with Gasteiger partial charge in [0.15, 0.2) is 0 Å². The van der Waals surface area contributed by atoms with Crippen LogP contribution in [0.4, 0.5) is 24.5 Å². The van der Waals surface area contributed by atoms with Gasteiger partial charge in [-0.1, -0.05) is 0 Å². The van der Waals surface area contributed by atoms with Gasteiger partial charge in [-0.05, 0) is 52.3 Å². The maximum atomic E-state index is 13.6. The first kappa shape index (κ1) is 17.1. The molecule has 1 N–H and O–H groups in total. The van der Waals surface area contributed by atoms with Crippen molar-refractivity contribution in [3.63, 3.8) is 0 Å². The van der Waals surface area contributed by atoms with Gasteiger partial charge in [0.2, 0.25) is 0 Å². The predicted octanol–water partition coefficient (Wildman–Crippen LogP) is 4.72. The molecular weight excluding hydrogens is 379 g/mol. The zero-order valence-corrected chi connectivity index (χ0v) is 13.4. The van der Waals surface area contributed by atoms with E-state index >= 15 is 0 Å². The number of anilines is 2. The molecule has 23 heavy (non-hydrogen) atoms. The van der Waals surface area contributed by atoms with E-state index in [4.69, 9.17) is 0 Å². The van der Waals surface area contributed by atoms with Crippen LogP contribution in [0.2, 0.25) is 0 Å². The van der Waals surface area contributed by atoms with E-state index in [0.717, 1.165) is 6.07 Å². The van der Waals surface area contributed by atoms with E-state index in [1.165, 1.54) is 37.4 Å². The molecule has 0 radical (unpaired) electrons. The van der Waals surface area contributed by atoms with Crippen LogP contribution in [0, 0.1) is 5.82 Å². The number of halogens is 4. The molecule has 0 aliphatic heterocycles. The standard InChI is InChI=1S/C15H11BrF3NO3/c1-22-14(21)10-6-12(17)11(16)7-13(10)20-8-2-4-9(5-3-8)23-15(18)19/h2-7,15,20H,1H3. The van der Waals surface area contributed by atoms with Crippen molar-refractivity contribution in [3.05, 3.63) is 52.3 Å². The molecule has 0 unspecified atom stereocenters. The van der Waals surface area contributed by atoms with Crippen LogP contribution in [0.15, 0.2) is 40.9 Å². The summed E-state index contributed by atoms with van der Waals surface area (Å²) in [5.41, 5.74) is 0.795. The summed E-state index contributed by atoms with van der Waals surface area (Å²) in [6.45, 7) is -2.91. The summed E-state index contributed by atoms with van der Waals surface area (Å²) in [7, 11) is 1.18. The third-order valence-corrected chi connectivity index (χ3v) is 3.43. The number of methoxy groups -OCH3 is 1. The van der Waals surface area contributed by atoms with Crippen LogP contribution in [0.5, 0.6) is 5.75 Å². The van der Waals surface area contributed by atoms with Gasteiger partial charge in [-0.15, -0.1) is 0 Å². The topological polar surface area (TPSA) is 47.6 Å². The summed E-state index contributed by atoms with van der Waals surface area (Å²) in [5.74, 6) is -1.33. The number of hydrogen-bond acceptors (Lipinski definition) is 4. The smallest absolute Gasteiger partial charge is 0.387 e. The van der Waals surface area contributed by atoms with Gasteiger partial charge in [0.05, 0.1) is 22.8 Å². The molecule has 0 fully saturated rings. The number of alkyl halides is 2. The first-order valence-corrected chi connectivity index (χ1v) is 7.09. The molecule has 0 spiro atoms. The molecule has 0 aromatic heterocycles. The Morgan fingerprint density at radius 1 is 1.22 bits per heavy atom. The first-order valence-electron chi connectivity index (χ1n) is 6.30. The zero-order valence-electron chi connectivity index (χ0n) is 11.8. The van der Waals surface area contributed by atoms with Crippen molar-refractivity contribution >= 4 is 33.3 Å². The van der Waals surface area contributed by atoms with E-state index in [-0.39, 0.29) is 15.8 Å². The Kier molecular flexibility index (Phi) is 5.49. The van der Waals surface area contributed by atoms with Crippen LogP contribution in [-0.4, -0.2) is 19.7 Å². The molecular formula is C15H11BrF3NO3. The Morgan fingerprint density at radius 3 is 2.43 bits per heavy atom. The van der Waals surface area contributed by atoms with Crippen LogP contribution in [0.1, 0.15) is 10.4 Å². The molecule has 2 aromatic carbocycles. The summed E-state index contributed by atoms with van der Waals surface area (Å²) in [5, 5.41) is 2.90. The fourth-order valence-electron chi connectivity index (χ4n) is 1.80. The van der Waals surface area contributed by atoms with Gasteiger partial charge < -0.3 is 14.8 Å². The largest absolute Gasteiger partial charge is 0.465 e. The van der Waals surface area contributed by atoms with E-state index in [9.17, 15) is 18.0 Å². The van der Waals surface area contributed by atoms with Gasteiger partial charge in [-0.25, -0.2) is 9.18 Å². The number of hydrogen-bond donors (Lipinski definition) is 1. The second kappa shape index (κ2) is 7.36. The van der Waals surface area contributed by atoms with Crippen LogP contribution < -0.4 is 10.1 Å².